The molecule has 0 saturated carbocycles. The van der Waals surface area contributed by atoms with Crippen LogP contribution in [0.3, 0.4) is 0 Å². The predicted octanol–water partition coefficient (Wildman–Crippen LogP) is 1.16. The SMILES string of the molecule is CCC(C)COCCOCCOCCOCCOCCOCCOCCOCCOCCOC(=O)CCC(=O)C(=O)O. The lowest BCUT2D eigenvalue weighted by Crippen LogP contribution is -2.17. The van der Waals surface area contributed by atoms with Gasteiger partial charge in [0, 0.05) is 13.0 Å². The van der Waals surface area contributed by atoms with Gasteiger partial charge in [0.2, 0.25) is 5.78 Å². The maximum atomic E-state index is 11.3. The van der Waals surface area contributed by atoms with E-state index >= 15 is 0 Å². The number of rotatable bonds is 34. The fraction of sp³-hybridized carbons (Fsp3) is 0.893. The van der Waals surface area contributed by atoms with Gasteiger partial charge in [-0.15, -0.1) is 0 Å². The van der Waals surface area contributed by atoms with E-state index in [0.717, 1.165) is 13.0 Å². The molecular formula is C28H52O14. The standard InChI is InChI=1S/C28H52O14/c1-3-25(2)24-41-21-20-39-17-16-37-13-12-35-9-8-33-6-7-34-10-11-36-14-15-38-18-19-40-22-23-42-27(30)5-4-26(29)28(31)32/h25H,3-24H2,1-2H3,(H,31,32). The Kier molecular flexibility index (Phi) is 30.8. The molecule has 0 aromatic heterocycles. The minimum absolute atomic E-state index is 0.0182. The van der Waals surface area contributed by atoms with Crippen LogP contribution in [0.5, 0.6) is 0 Å². The van der Waals surface area contributed by atoms with Crippen LogP contribution >= 0.6 is 0 Å². The molecule has 0 aliphatic carbocycles. The van der Waals surface area contributed by atoms with Crippen LogP contribution in [0.15, 0.2) is 0 Å². The van der Waals surface area contributed by atoms with E-state index in [1.165, 1.54) is 0 Å². The van der Waals surface area contributed by atoms with Crippen LogP contribution in [0, 0.1) is 5.92 Å². The van der Waals surface area contributed by atoms with Crippen molar-refractivity contribution in [1.82, 2.24) is 0 Å². The fourth-order valence-electron chi connectivity index (χ4n) is 2.77. The third kappa shape index (κ3) is 31.2. The van der Waals surface area contributed by atoms with Gasteiger partial charge in [0.05, 0.1) is 119 Å². The monoisotopic (exact) mass is 612 g/mol. The number of ketones is 1. The van der Waals surface area contributed by atoms with Gasteiger partial charge in [0.25, 0.3) is 0 Å². The molecule has 0 aromatic rings. The summed E-state index contributed by atoms with van der Waals surface area (Å²) in [6.07, 6.45) is 0.468. The van der Waals surface area contributed by atoms with Gasteiger partial charge in [0.15, 0.2) is 0 Å². The normalized spacial score (nSPS) is 12.0. The molecule has 0 bridgehead atoms. The number of ether oxygens (including phenoxy) is 10. The molecule has 0 spiro atoms. The number of hydrogen-bond donors (Lipinski definition) is 1. The molecule has 0 amide bonds. The van der Waals surface area contributed by atoms with Crippen LogP contribution in [0.25, 0.3) is 0 Å². The zero-order valence-electron chi connectivity index (χ0n) is 25.4. The van der Waals surface area contributed by atoms with Crippen molar-refractivity contribution >= 4 is 17.7 Å². The first-order chi connectivity index (χ1) is 20.5. The molecule has 14 nitrogen and oxygen atoms in total. The molecule has 248 valence electrons. The highest BCUT2D eigenvalue weighted by molar-refractivity contribution is 6.32. The number of carbonyl (C=O) groups is 3. The lowest BCUT2D eigenvalue weighted by atomic mass is 10.1. The molecule has 0 aromatic carbocycles. The van der Waals surface area contributed by atoms with Gasteiger partial charge in [-0.2, -0.15) is 0 Å². The highest BCUT2D eigenvalue weighted by Gasteiger charge is 2.14. The Morgan fingerprint density at radius 1 is 0.500 bits per heavy atom. The number of carboxylic acid groups (broad SMARTS) is 1. The summed E-state index contributed by atoms with van der Waals surface area (Å²) in [4.78, 5) is 32.6. The van der Waals surface area contributed by atoms with Crippen molar-refractivity contribution in [2.45, 2.75) is 33.1 Å². The second-order valence-electron chi connectivity index (χ2n) is 8.94. The molecule has 0 aliphatic heterocycles. The molecule has 0 radical (unpaired) electrons. The highest BCUT2D eigenvalue weighted by atomic mass is 16.6. The zero-order valence-corrected chi connectivity index (χ0v) is 25.4. The van der Waals surface area contributed by atoms with E-state index in [1.54, 1.807) is 0 Å². The number of Topliss-reactive ketones (excluding diaryl/α,β-unsaturated/α-hetero) is 1. The maximum absolute atomic E-state index is 11.3. The highest BCUT2D eigenvalue weighted by Crippen LogP contribution is 2.00. The lowest BCUT2D eigenvalue weighted by Gasteiger charge is -2.10. The van der Waals surface area contributed by atoms with E-state index in [-0.39, 0.29) is 26.1 Å². The molecular weight excluding hydrogens is 560 g/mol. The Labute approximate surface area is 249 Å². The van der Waals surface area contributed by atoms with Crippen molar-refractivity contribution < 1.29 is 66.9 Å². The van der Waals surface area contributed by atoms with Gasteiger partial charge in [-0.3, -0.25) is 9.59 Å². The van der Waals surface area contributed by atoms with Crippen molar-refractivity contribution in [2.24, 2.45) is 5.92 Å². The smallest absolute Gasteiger partial charge is 0.372 e. The molecule has 0 saturated heterocycles. The molecule has 1 N–H and O–H groups in total. The molecule has 1 atom stereocenters. The molecule has 1 unspecified atom stereocenters. The van der Waals surface area contributed by atoms with Crippen LogP contribution in [0.2, 0.25) is 0 Å². The molecule has 0 aliphatic rings. The lowest BCUT2D eigenvalue weighted by molar-refractivity contribution is -0.151. The van der Waals surface area contributed by atoms with Gasteiger partial charge >= 0.3 is 11.9 Å². The third-order valence-electron chi connectivity index (χ3n) is 5.36. The first-order valence-corrected chi connectivity index (χ1v) is 14.6. The Hall–Kier alpha value is -1.75. The molecule has 0 rings (SSSR count). The first-order valence-electron chi connectivity index (χ1n) is 14.6. The summed E-state index contributed by atoms with van der Waals surface area (Å²) < 4.78 is 53.6. The Morgan fingerprint density at radius 3 is 1.12 bits per heavy atom. The summed E-state index contributed by atoms with van der Waals surface area (Å²) in [6.45, 7) is 12.9. The summed E-state index contributed by atoms with van der Waals surface area (Å²) in [6, 6.07) is 0. The Balaban J connectivity index is 3.14. The fourth-order valence-corrected chi connectivity index (χ4v) is 2.77. The average Bonchev–Trinajstić information content (AvgIpc) is 2.98. The van der Waals surface area contributed by atoms with Crippen LogP contribution in [0.1, 0.15) is 33.1 Å². The number of carbonyl (C=O) groups excluding carboxylic acids is 2. The van der Waals surface area contributed by atoms with Crippen LogP contribution in [0.4, 0.5) is 0 Å². The van der Waals surface area contributed by atoms with Crippen molar-refractivity contribution in [3.63, 3.8) is 0 Å². The Morgan fingerprint density at radius 2 is 0.810 bits per heavy atom. The van der Waals surface area contributed by atoms with E-state index in [0.29, 0.717) is 112 Å². The van der Waals surface area contributed by atoms with Crippen LogP contribution in [-0.2, 0) is 61.8 Å². The molecule has 42 heavy (non-hydrogen) atoms. The summed E-state index contributed by atoms with van der Waals surface area (Å²) in [5, 5.41) is 8.43. The quantitative estimate of drug-likeness (QED) is 0.0625. The van der Waals surface area contributed by atoms with E-state index in [4.69, 9.17) is 52.5 Å². The summed E-state index contributed by atoms with van der Waals surface area (Å²) in [5.74, 6) is -2.64. The van der Waals surface area contributed by atoms with Gasteiger partial charge in [0.1, 0.15) is 6.61 Å². The molecule has 14 heteroatoms. The molecule has 0 heterocycles. The van der Waals surface area contributed by atoms with Crippen molar-refractivity contribution in [3.8, 4) is 0 Å². The van der Waals surface area contributed by atoms with Gasteiger partial charge in [-0.1, -0.05) is 20.3 Å². The maximum Gasteiger partial charge on any atom is 0.372 e. The van der Waals surface area contributed by atoms with Crippen LogP contribution < -0.4 is 0 Å². The second-order valence-corrected chi connectivity index (χ2v) is 8.94. The van der Waals surface area contributed by atoms with Gasteiger partial charge in [-0.05, 0) is 5.92 Å². The van der Waals surface area contributed by atoms with Crippen molar-refractivity contribution in [3.05, 3.63) is 0 Å². The second kappa shape index (κ2) is 32.2. The zero-order chi connectivity index (χ0) is 30.9. The Bertz CT molecular complexity index is 634. The summed E-state index contributed by atoms with van der Waals surface area (Å²) in [5.41, 5.74) is 0. The number of hydrogen-bond acceptors (Lipinski definition) is 13. The van der Waals surface area contributed by atoms with E-state index in [1.807, 2.05) is 0 Å². The van der Waals surface area contributed by atoms with E-state index < -0.39 is 17.7 Å². The minimum atomic E-state index is -1.56. The first kappa shape index (κ1) is 40.2. The minimum Gasteiger partial charge on any atom is -0.476 e. The summed E-state index contributed by atoms with van der Waals surface area (Å²) in [7, 11) is 0. The van der Waals surface area contributed by atoms with Crippen LogP contribution in [-0.4, -0.2) is 148 Å². The number of esters is 1. The third-order valence-corrected chi connectivity index (χ3v) is 5.36. The van der Waals surface area contributed by atoms with Crippen molar-refractivity contribution in [1.29, 1.82) is 0 Å². The van der Waals surface area contributed by atoms with Gasteiger partial charge in [-0.25, -0.2) is 4.79 Å². The summed E-state index contributed by atoms with van der Waals surface area (Å²) >= 11 is 0. The van der Waals surface area contributed by atoms with E-state index in [2.05, 4.69) is 13.8 Å². The predicted molar refractivity (Wildman–Crippen MR) is 150 cm³/mol. The molecule has 0 fully saturated rings. The van der Waals surface area contributed by atoms with Gasteiger partial charge < -0.3 is 52.5 Å². The largest absolute Gasteiger partial charge is 0.476 e. The average molecular weight is 613 g/mol. The topological polar surface area (TPSA) is 164 Å². The van der Waals surface area contributed by atoms with Crippen molar-refractivity contribution in [2.75, 3.05) is 126 Å². The van der Waals surface area contributed by atoms with E-state index in [9.17, 15) is 14.4 Å². The number of carboxylic acids is 1. The number of aliphatic carboxylic acids is 1.